The first-order valence-corrected chi connectivity index (χ1v) is 10.2. The van der Waals surface area contributed by atoms with E-state index in [4.69, 9.17) is 0 Å². The van der Waals surface area contributed by atoms with Gasteiger partial charge in [-0.1, -0.05) is 16.6 Å². The largest absolute Gasteiger partial charge is 0.341 e. The van der Waals surface area contributed by atoms with E-state index < -0.39 is 0 Å². The van der Waals surface area contributed by atoms with Gasteiger partial charge in [0.15, 0.2) is 0 Å². The molecule has 1 aliphatic carbocycles. The Hall–Kier alpha value is -2.32. The minimum Gasteiger partial charge on any atom is -0.341 e. The molecule has 1 saturated carbocycles. The van der Waals surface area contributed by atoms with E-state index in [9.17, 15) is 9.59 Å². The van der Waals surface area contributed by atoms with E-state index in [1.54, 1.807) is 0 Å². The van der Waals surface area contributed by atoms with Crippen LogP contribution in [0.1, 0.15) is 35.2 Å². The minimum absolute atomic E-state index is 0.156. The minimum atomic E-state index is -0.156. The van der Waals surface area contributed by atoms with Gasteiger partial charge in [-0.25, -0.2) is 0 Å². The first kappa shape index (κ1) is 18.1. The van der Waals surface area contributed by atoms with E-state index in [2.05, 4.69) is 19.8 Å². The Labute approximate surface area is 162 Å². The van der Waals surface area contributed by atoms with Gasteiger partial charge in [0.25, 0.3) is 5.91 Å². The second-order valence-electron chi connectivity index (χ2n) is 7.16. The van der Waals surface area contributed by atoms with Crippen molar-refractivity contribution in [2.75, 3.05) is 31.5 Å². The van der Waals surface area contributed by atoms with E-state index in [-0.39, 0.29) is 5.91 Å². The molecule has 8 heteroatoms. The third-order valence-electron chi connectivity index (χ3n) is 5.05. The number of nitrogens with one attached hydrogen (secondary N) is 1. The highest BCUT2D eigenvalue weighted by Gasteiger charge is 2.33. The highest BCUT2D eigenvalue weighted by molar-refractivity contribution is 7.10. The standard InChI is InChI=1S/C19H23N5O2S/c25-18(21-17-12-20-22-27-17)15-4-2-14(3-5-15)13-23-8-1-9-24(11-10-23)19(26)16-6-7-16/h2-5,12,16H,1,6-11,13H2,(H,21,25). The van der Waals surface area contributed by atoms with Gasteiger partial charge < -0.3 is 10.2 Å². The molecular formula is C19H23N5O2S. The number of aromatic nitrogens is 2. The summed E-state index contributed by atoms with van der Waals surface area (Å²) in [6.07, 6.45) is 4.69. The van der Waals surface area contributed by atoms with Crippen LogP contribution in [0.3, 0.4) is 0 Å². The quantitative estimate of drug-likeness (QED) is 0.854. The van der Waals surface area contributed by atoms with Crippen LogP contribution >= 0.6 is 11.5 Å². The lowest BCUT2D eigenvalue weighted by Crippen LogP contribution is -2.36. The van der Waals surface area contributed by atoms with Gasteiger partial charge in [0.2, 0.25) is 5.91 Å². The Morgan fingerprint density at radius 2 is 1.93 bits per heavy atom. The zero-order chi connectivity index (χ0) is 18.6. The number of carbonyl (C=O) groups is 2. The summed E-state index contributed by atoms with van der Waals surface area (Å²) in [5, 5.41) is 7.13. The van der Waals surface area contributed by atoms with E-state index in [1.807, 2.05) is 29.2 Å². The predicted octanol–water partition coefficient (Wildman–Crippen LogP) is 2.23. The molecule has 0 bridgehead atoms. The molecule has 0 unspecified atom stereocenters. The van der Waals surface area contributed by atoms with Crippen molar-refractivity contribution >= 4 is 28.3 Å². The van der Waals surface area contributed by atoms with Crippen LogP contribution < -0.4 is 5.32 Å². The zero-order valence-corrected chi connectivity index (χ0v) is 16.0. The van der Waals surface area contributed by atoms with Crippen LogP contribution in [0.5, 0.6) is 0 Å². The van der Waals surface area contributed by atoms with Crippen molar-refractivity contribution in [1.29, 1.82) is 0 Å². The Morgan fingerprint density at radius 3 is 2.63 bits per heavy atom. The molecule has 142 valence electrons. The third kappa shape index (κ3) is 4.70. The number of hydrogen-bond donors (Lipinski definition) is 1. The molecular weight excluding hydrogens is 362 g/mol. The number of hydrogen-bond acceptors (Lipinski definition) is 6. The molecule has 4 rings (SSSR count). The average Bonchev–Trinajstić information content (AvgIpc) is 3.45. The monoisotopic (exact) mass is 385 g/mol. The molecule has 1 saturated heterocycles. The molecule has 2 aliphatic rings. The fourth-order valence-corrected chi connectivity index (χ4v) is 3.78. The van der Waals surface area contributed by atoms with Crippen molar-refractivity contribution in [1.82, 2.24) is 19.4 Å². The number of rotatable bonds is 5. The molecule has 2 fully saturated rings. The van der Waals surface area contributed by atoms with E-state index in [0.29, 0.717) is 22.4 Å². The van der Waals surface area contributed by atoms with Crippen LogP contribution in [-0.4, -0.2) is 57.4 Å². The maximum atomic E-state index is 12.3. The molecule has 0 radical (unpaired) electrons. The number of anilines is 1. The molecule has 1 aliphatic heterocycles. The SMILES string of the molecule is O=C(Nc1cnns1)c1ccc(CN2CCCN(C(=O)C3CC3)CC2)cc1. The predicted molar refractivity (Wildman–Crippen MR) is 104 cm³/mol. The van der Waals surface area contributed by atoms with Crippen LogP contribution in [0.15, 0.2) is 30.5 Å². The molecule has 0 atom stereocenters. The van der Waals surface area contributed by atoms with Crippen molar-refractivity contribution in [2.24, 2.45) is 5.92 Å². The second-order valence-corrected chi connectivity index (χ2v) is 7.95. The molecule has 1 aromatic carbocycles. The summed E-state index contributed by atoms with van der Waals surface area (Å²) < 4.78 is 3.73. The summed E-state index contributed by atoms with van der Waals surface area (Å²) in [7, 11) is 0. The fraction of sp³-hybridized carbons (Fsp3) is 0.474. The number of nitrogens with zero attached hydrogens (tertiary/aromatic N) is 4. The Bertz CT molecular complexity index is 789. The second kappa shape index (κ2) is 8.14. The molecule has 7 nitrogen and oxygen atoms in total. The Kier molecular flexibility index (Phi) is 5.45. The molecule has 2 heterocycles. The van der Waals surface area contributed by atoms with Crippen LogP contribution in [0.4, 0.5) is 5.00 Å². The fourth-order valence-electron chi connectivity index (χ4n) is 3.36. The van der Waals surface area contributed by atoms with Gasteiger partial charge in [-0.15, -0.1) is 5.10 Å². The van der Waals surface area contributed by atoms with Gasteiger partial charge >= 0.3 is 0 Å². The van der Waals surface area contributed by atoms with Gasteiger partial charge in [-0.3, -0.25) is 14.5 Å². The van der Waals surface area contributed by atoms with Gasteiger partial charge in [0, 0.05) is 55.7 Å². The highest BCUT2D eigenvalue weighted by atomic mass is 32.1. The van der Waals surface area contributed by atoms with Crippen LogP contribution in [0.25, 0.3) is 0 Å². The molecule has 1 N–H and O–H groups in total. The summed E-state index contributed by atoms with van der Waals surface area (Å²) in [6.45, 7) is 4.43. The van der Waals surface area contributed by atoms with Crippen LogP contribution in [0.2, 0.25) is 0 Å². The van der Waals surface area contributed by atoms with Crippen molar-refractivity contribution in [3.63, 3.8) is 0 Å². The highest BCUT2D eigenvalue weighted by Crippen LogP contribution is 2.31. The first-order chi connectivity index (χ1) is 13.2. The maximum Gasteiger partial charge on any atom is 0.256 e. The number of carbonyl (C=O) groups excluding carboxylic acids is 2. The lowest BCUT2D eigenvalue weighted by Gasteiger charge is -2.22. The van der Waals surface area contributed by atoms with Crippen molar-refractivity contribution in [3.8, 4) is 0 Å². The molecule has 1 aromatic heterocycles. The van der Waals surface area contributed by atoms with Gasteiger partial charge in [-0.05, 0) is 37.0 Å². The molecule has 0 spiro atoms. The van der Waals surface area contributed by atoms with Crippen LogP contribution in [-0.2, 0) is 11.3 Å². The lowest BCUT2D eigenvalue weighted by atomic mass is 10.1. The summed E-state index contributed by atoms with van der Waals surface area (Å²) in [4.78, 5) is 28.9. The van der Waals surface area contributed by atoms with E-state index in [0.717, 1.165) is 63.5 Å². The average molecular weight is 385 g/mol. The number of benzene rings is 1. The van der Waals surface area contributed by atoms with Crippen molar-refractivity contribution < 1.29 is 9.59 Å². The Morgan fingerprint density at radius 1 is 1.11 bits per heavy atom. The van der Waals surface area contributed by atoms with E-state index >= 15 is 0 Å². The first-order valence-electron chi connectivity index (χ1n) is 9.38. The summed E-state index contributed by atoms with van der Waals surface area (Å²) in [5.74, 6) is 0.496. The molecule has 27 heavy (non-hydrogen) atoms. The van der Waals surface area contributed by atoms with Gasteiger partial charge in [-0.2, -0.15) is 0 Å². The zero-order valence-electron chi connectivity index (χ0n) is 15.1. The summed E-state index contributed by atoms with van der Waals surface area (Å²) in [6, 6.07) is 7.69. The van der Waals surface area contributed by atoms with Crippen molar-refractivity contribution in [3.05, 3.63) is 41.6 Å². The van der Waals surface area contributed by atoms with E-state index in [1.165, 1.54) is 11.8 Å². The van der Waals surface area contributed by atoms with Crippen LogP contribution in [0, 0.1) is 5.92 Å². The molecule has 2 aromatic rings. The van der Waals surface area contributed by atoms with Gasteiger partial charge in [0.05, 0.1) is 6.20 Å². The van der Waals surface area contributed by atoms with Gasteiger partial charge in [0.1, 0.15) is 5.00 Å². The third-order valence-corrected chi connectivity index (χ3v) is 5.63. The number of amides is 2. The molecule has 2 amide bonds. The summed E-state index contributed by atoms with van der Waals surface area (Å²) in [5.41, 5.74) is 1.79. The topological polar surface area (TPSA) is 78.4 Å². The van der Waals surface area contributed by atoms with Crippen molar-refractivity contribution in [2.45, 2.75) is 25.8 Å². The Balaban J connectivity index is 1.30. The maximum absolute atomic E-state index is 12.3. The normalized spacial score (nSPS) is 18.1. The lowest BCUT2D eigenvalue weighted by molar-refractivity contribution is -0.132. The summed E-state index contributed by atoms with van der Waals surface area (Å²) >= 11 is 1.15. The smallest absolute Gasteiger partial charge is 0.256 e.